The SMILES string of the molecule is O=C1c2ccc(-c3cccc4c3sc3ccccc34)cc2C2(c3cc(-c4cccc5c4sc4ccccc45)ccc31)c1ccccc1-c1ccccc12. The number of carbonyl (C=O) groups excluding carboxylic acids is 1. The molecule has 2 aliphatic carbocycles. The monoisotopic (exact) mass is 708 g/mol. The fourth-order valence-corrected chi connectivity index (χ4v) is 12.0. The molecule has 0 saturated heterocycles. The van der Waals surface area contributed by atoms with Crippen LogP contribution in [0.1, 0.15) is 38.2 Å². The Labute approximate surface area is 314 Å². The minimum atomic E-state index is -0.681. The van der Waals surface area contributed by atoms with Crippen LogP contribution in [0.15, 0.2) is 170 Å². The zero-order valence-electron chi connectivity index (χ0n) is 28.4. The van der Waals surface area contributed by atoms with Crippen molar-refractivity contribution in [1.82, 2.24) is 0 Å². The Morgan fingerprint density at radius 2 is 0.755 bits per heavy atom. The van der Waals surface area contributed by atoms with Gasteiger partial charge < -0.3 is 0 Å². The van der Waals surface area contributed by atoms with Gasteiger partial charge in [0.2, 0.25) is 0 Å². The molecule has 10 aromatic rings. The zero-order chi connectivity index (χ0) is 34.8. The third kappa shape index (κ3) is 3.83. The second-order valence-electron chi connectivity index (χ2n) is 14.3. The Hall–Kier alpha value is -6.13. The Morgan fingerprint density at radius 1 is 0.340 bits per heavy atom. The average Bonchev–Trinajstić information content (AvgIpc) is 3.88. The number of hydrogen-bond acceptors (Lipinski definition) is 3. The van der Waals surface area contributed by atoms with Crippen LogP contribution in [0.4, 0.5) is 0 Å². The molecule has 2 aromatic heterocycles. The number of rotatable bonds is 2. The molecule has 1 spiro atoms. The van der Waals surface area contributed by atoms with E-state index in [9.17, 15) is 4.79 Å². The molecule has 1 nitrogen and oxygen atoms in total. The minimum absolute atomic E-state index is 0.0840. The van der Waals surface area contributed by atoms with Crippen LogP contribution in [-0.4, -0.2) is 5.78 Å². The molecule has 0 unspecified atom stereocenters. The second-order valence-corrected chi connectivity index (χ2v) is 16.4. The van der Waals surface area contributed by atoms with Gasteiger partial charge in [0.25, 0.3) is 0 Å². The van der Waals surface area contributed by atoms with E-state index in [1.165, 1.54) is 73.7 Å². The Kier molecular flexibility index (Phi) is 5.95. The standard InChI is InChI=1S/C50H28OS2/c51-47-39-25-23-29(31-15-9-17-37-35-13-3-7-21-45(35)52-48(31)37)27-43(39)50(41-19-5-1-11-33(41)34-12-2-6-20-42(34)50)44-28-30(24-26-40(44)47)32-16-10-18-38-36-14-4-8-22-46(36)53-49(32)38/h1-28H. The fraction of sp³-hybridized carbons (Fsp3) is 0.0200. The molecule has 2 aliphatic rings. The molecular formula is C50H28OS2. The molecule has 0 amide bonds. The first kappa shape index (κ1) is 29.4. The summed E-state index contributed by atoms with van der Waals surface area (Å²) in [6.07, 6.45) is 0. The summed E-state index contributed by atoms with van der Waals surface area (Å²) in [5, 5.41) is 5.11. The van der Waals surface area contributed by atoms with E-state index in [-0.39, 0.29) is 5.78 Å². The van der Waals surface area contributed by atoms with Gasteiger partial charge in [-0.25, -0.2) is 0 Å². The van der Waals surface area contributed by atoms with Crippen molar-refractivity contribution in [3.63, 3.8) is 0 Å². The largest absolute Gasteiger partial charge is 0.289 e. The predicted molar refractivity (Wildman–Crippen MR) is 224 cm³/mol. The van der Waals surface area contributed by atoms with E-state index in [0.29, 0.717) is 0 Å². The summed E-state index contributed by atoms with van der Waals surface area (Å²) in [7, 11) is 0. The Bertz CT molecular complexity index is 3000. The van der Waals surface area contributed by atoms with Gasteiger partial charge in [-0.1, -0.05) is 146 Å². The Balaban J connectivity index is 1.17. The van der Waals surface area contributed by atoms with Crippen molar-refractivity contribution >= 4 is 68.8 Å². The van der Waals surface area contributed by atoms with Crippen LogP contribution in [0.2, 0.25) is 0 Å². The molecule has 0 aliphatic heterocycles. The van der Waals surface area contributed by atoms with E-state index >= 15 is 0 Å². The average molecular weight is 709 g/mol. The first-order valence-corrected chi connectivity index (χ1v) is 19.7. The van der Waals surface area contributed by atoms with Crippen molar-refractivity contribution in [3.05, 3.63) is 203 Å². The summed E-state index contributed by atoms with van der Waals surface area (Å²) in [6.45, 7) is 0. The van der Waals surface area contributed by atoms with E-state index in [1.807, 2.05) is 22.7 Å². The van der Waals surface area contributed by atoms with Gasteiger partial charge in [0.1, 0.15) is 0 Å². The summed E-state index contributed by atoms with van der Waals surface area (Å²) in [4.78, 5) is 14.8. The lowest BCUT2D eigenvalue weighted by Gasteiger charge is -2.40. The predicted octanol–water partition coefficient (Wildman–Crippen LogP) is 13.7. The van der Waals surface area contributed by atoms with Crippen LogP contribution < -0.4 is 0 Å². The van der Waals surface area contributed by atoms with Gasteiger partial charge in [0.15, 0.2) is 5.78 Å². The number of ketones is 1. The lowest BCUT2D eigenvalue weighted by atomic mass is 9.60. The topological polar surface area (TPSA) is 17.1 Å². The minimum Gasteiger partial charge on any atom is -0.289 e. The molecule has 0 radical (unpaired) electrons. The number of hydrogen-bond donors (Lipinski definition) is 0. The molecule has 12 rings (SSSR count). The van der Waals surface area contributed by atoms with Gasteiger partial charge >= 0.3 is 0 Å². The highest BCUT2D eigenvalue weighted by atomic mass is 32.1. The summed E-state index contributed by atoms with van der Waals surface area (Å²) < 4.78 is 5.12. The van der Waals surface area contributed by atoms with Crippen LogP contribution in [-0.2, 0) is 5.41 Å². The normalized spacial score (nSPS) is 13.8. The Morgan fingerprint density at radius 3 is 1.26 bits per heavy atom. The van der Waals surface area contributed by atoms with Gasteiger partial charge in [-0.05, 0) is 79.9 Å². The molecule has 3 heteroatoms. The quantitative estimate of drug-likeness (QED) is 0.175. The summed E-state index contributed by atoms with van der Waals surface area (Å²) in [5.74, 6) is 0.0840. The number of fused-ring (bicyclic) bond motifs is 15. The van der Waals surface area contributed by atoms with E-state index in [2.05, 4.69) is 170 Å². The number of thiophene rings is 2. The lowest BCUT2D eigenvalue weighted by molar-refractivity contribution is 0.103. The molecule has 0 fully saturated rings. The van der Waals surface area contributed by atoms with Crippen molar-refractivity contribution in [2.75, 3.05) is 0 Å². The molecule has 53 heavy (non-hydrogen) atoms. The maximum absolute atomic E-state index is 14.8. The van der Waals surface area contributed by atoms with Crippen molar-refractivity contribution in [1.29, 1.82) is 0 Å². The third-order valence-corrected chi connectivity index (χ3v) is 14.2. The molecule has 8 aromatic carbocycles. The van der Waals surface area contributed by atoms with E-state index in [1.54, 1.807) is 0 Å². The van der Waals surface area contributed by atoms with Gasteiger partial charge in [0.05, 0.1) is 5.41 Å². The highest BCUT2D eigenvalue weighted by Crippen LogP contribution is 2.60. The third-order valence-electron chi connectivity index (χ3n) is 11.7. The van der Waals surface area contributed by atoms with Crippen molar-refractivity contribution in [3.8, 4) is 33.4 Å². The molecule has 2 heterocycles. The first-order chi connectivity index (χ1) is 26.2. The summed E-state index contributed by atoms with van der Waals surface area (Å²) >= 11 is 3.69. The van der Waals surface area contributed by atoms with Crippen LogP contribution in [0.5, 0.6) is 0 Å². The summed E-state index contributed by atoms with van der Waals surface area (Å²) in [6, 6.07) is 61.5. The van der Waals surface area contributed by atoms with E-state index < -0.39 is 5.41 Å². The van der Waals surface area contributed by atoms with Gasteiger partial charge in [-0.3, -0.25) is 4.79 Å². The lowest BCUT2D eigenvalue weighted by Crippen LogP contribution is -2.36. The molecular weight excluding hydrogens is 681 g/mol. The number of carbonyl (C=O) groups is 1. The van der Waals surface area contributed by atoms with Crippen LogP contribution in [0, 0.1) is 0 Å². The van der Waals surface area contributed by atoms with Gasteiger partial charge in [-0.15, -0.1) is 22.7 Å². The maximum Gasteiger partial charge on any atom is 0.193 e. The van der Waals surface area contributed by atoms with Gasteiger partial charge in [0, 0.05) is 51.5 Å². The van der Waals surface area contributed by atoms with Gasteiger partial charge in [-0.2, -0.15) is 0 Å². The highest BCUT2D eigenvalue weighted by molar-refractivity contribution is 7.26. The molecule has 0 atom stereocenters. The molecule has 0 N–H and O–H groups in total. The van der Waals surface area contributed by atoms with Crippen LogP contribution in [0.3, 0.4) is 0 Å². The molecule has 0 saturated carbocycles. The van der Waals surface area contributed by atoms with Crippen molar-refractivity contribution in [2.24, 2.45) is 0 Å². The van der Waals surface area contributed by atoms with Crippen molar-refractivity contribution in [2.45, 2.75) is 5.41 Å². The van der Waals surface area contributed by atoms with Crippen LogP contribution >= 0.6 is 22.7 Å². The molecule has 246 valence electrons. The second kappa shape index (κ2) is 10.7. The van der Waals surface area contributed by atoms with Crippen molar-refractivity contribution < 1.29 is 4.79 Å². The summed E-state index contributed by atoms with van der Waals surface area (Å²) in [5.41, 5.74) is 12.5. The smallest absolute Gasteiger partial charge is 0.193 e. The van der Waals surface area contributed by atoms with E-state index in [4.69, 9.17) is 0 Å². The highest BCUT2D eigenvalue weighted by Gasteiger charge is 2.51. The molecule has 0 bridgehead atoms. The fourth-order valence-electron chi connectivity index (χ4n) is 9.49. The van der Waals surface area contributed by atoms with E-state index in [0.717, 1.165) is 33.4 Å². The number of benzene rings is 8. The zero-order valence-corrected chi connectivity index (χ0v) is 30.0. The maximum atomic E-state index is 14.8. The van der Waals surface area contributed by atoms with Crippen LogP contribution in [0.25, 0.3) is 73.7 Å². The first-order valence-electron chi connectivity index (χ1n) is 18.0.